The zero-order valence-electron chi connectivity index (χ0n) is 15.7. The molecule has 4 rings (SSSR count). The third-order valence-corrected chi connectivity index (χ3v) is 5.83. The van der Waals surface area contributed by atoms with Crippen molar-refractivity contribution in [2.24, 2.45) is 11.3 Å². The van der Waals surface area contributed by atoms with E-state index in [9.17, 15) is 18.0 Å². The fraction of sp³-hybridized carbons (Fsp3) is 0.667. The van der Waals surface area contributed by atoms with Crippen molar-refractivity contribution in [1.29, 1.82) is 0 Å². The summed E-state index contributed by atoms with van der Waals surface area (Å²) in [7, 11) is 0. The summed E-state index contributed by atoms with van der Waals surface area (Å²) in [5.74, 6) is -2.28. The van der Waals surface area contributed by atoms with Crippen LogP contribution in [0.3, 0.4) is 0 Å². The molecule has 29 heavy (non-hydrogen) atoms. The summed E-state index contributed by atoms with van der Waals surface area (Å²) in [6, 6.07) is 2.46. The van der Waals surface area contributed by atoms with Gasteiger partial charge in [0.05, 0.1) is 31.2 Å². The van der Waals surface area contributed by atoms with Crippen LogP contribution in [0.5, 0.6) is 0 Å². The van der Waals surface area contributed by atoms with Crippen LogP contribution in [-0.2, 0) is 9.53 Å². The predicted octanol–water partition coefficient (Wildman–Crippen LogP) is 1.34. The Kier molecular flexibility index (Phi) is 6.37. The van der Waals surface area contributed by atoms with Gasteiger partial charge in [0.2, 0.25) is 0 Å². The summed E-state index contributed by atoms with van der Waals surface area (Å²) in [5.41, 5.74) is 0.654. The number of nitrogens with one attached hydrogen (secondary N) is 1. The number of amides is 1. The molecule has 2 N–H and O–H groups in total. The number of fused-ring (bicyclic) bond motifs is 1. The van der Waals surface area contributed by atoms with Gasteiger partial charge >= 0.3 is 12.1 Å². The highest BCUT2D eigenvalue weighted by Crippen LogP contribution is 2.43. The molecule has 1 saturated carbocycles. The fourth-order valence-electron chi connectivity index (χ4n) is 3.94. The first-order valence-electron chi connectivity index (χ1n) is 9.38. The highest BCUT2D eigenvalue weighted by molar-refractivity contribution is 5.93. The van der Waals surface area contributed by atoms with E-state index in [4.69, 9.17) is 14.6 Å². The van der Waals surface area contributed by atoms with Crippen LogP contribution in [0.4, 0.5) is 13.2 Å². The van der Waals surface area contributed by atoms with Gasteiger partial charge in [0.15, 0.2) is 0 Å². The Morgan fingerprint density at radius 2 is 2.07 bits per heavy atom. The lowest BCUT2D eigenvalue weighted by molar-refractivity contribution is -0.192. The molecule has 0 spiro atoms. The minimum Gasteiger partial charge on any atom is -0.475 e. The molecule has 1 amide bonds. The lowest BCUT2D eigenvalue weighted by Gasteiger charge is -2.36. The number of carboxylic acid groups (broad SMARTS) is 1. The van der Waals surface area contributed by atoms with E-state index in [1.54, 1.807) is 12.3 Å². The van der Waals surface area contributed by atoms with Crippen LogP contribution in [0, 0.1) is 11.3 Å². The number of carbonyl (C=O) groups is 2. The van der Waals surface area contributed by atoms with Crippen molar-refractivity contribution >= 4 is 11.9 Å². The van der Waals surface area contributed by atoms with E-state index in [1.165, 1.54) is 25.5 Å². The SMILES string of the molecule is O=C(NC[C@]12COC[C@H]1CN(C1CCC1)C2)c1ccnnc1.O=C(O)C(F)(F)F. The predicted molar refractivity (Wildman–Crippen MR) is 94.0 cm³/mol. The van der Waals surface area contributed by atoms with Gasteiger partial charge in [0, 0.05) is 37.0 Å². The van der Waals surface area contributed by atoms with Crippen LogP contribution >= 0.6 is 0 Å². The maximum absolute atomic E-state index is 12.2. The van der Waals surface area contributed by atoms with Crippen molar-refractivity contribution in [3.63, 3.8) is 0 Å². The van der Waals surface area contributed by atoms with Gasteiger partial charge < -0.3 is 15.2 Å². The normalized spacial score (nSPS) is 26.8. The molecule has 8 nitrogen and oxygen atoms in total. The van der Waals surface area contributed by atoms with Crippen LogP contribution in [-0.4, -0.2) is 77.1 Å². The monoisotopic (exact) mass is 416 g/mol. The molecule has 0 aromatic carbocycles. The quantitative estimate of drug-likeness (QED) is 0.763. The lowest BCUT2D eigenvalue weighted by Crippen LogP contribution is -2.45. The van der Waals surface area contributed by atoms with Gasteiger partial charge in [-0.25, -0.2) is 4.79 Å². The number of carboxylic acids is 1. The number of rotatable bonds is 4. The van der Waals surface area contributed by atoms with E-state index in [0.29, 0.717) is 18.0 Å². The number of ether oxygens (including phenoxy) is 1. The smallest absolute Gasteiger partial charge is 0.475 e. The molecule has 2 aliphatic heterocycles. The average Bonchev–Trinajstić information content (AvgIpc) is 3.16. The molecular weight excluding hydrogens is 393 g/mol. The van der Waals surface area contributed by atoms with Gasteiger partial charge in [0.1, 0.15) is 0 Å². The second kappa shape index (κ2) is 8.62. The first kappa shape index (κ1) is 21.4. The van der Waals surface area contributed by atoms with Crippen molar-refractivity contribution in [2.75, 3.05) is 32.8 Å². The standard InChI is InChI=1S/C16H22N4O2.C2HF3O2/c21-15(12-4-5-18-19-6-12)17-9-16-10-20(14-2-1-3-14)7-13(16)8-22-11-16;3-2(4,5)1(6)7/h4-6,13-14H,1-3,7-11H2,(H,17,21);(H,6,7)/t13-,16+;/m1./s1. The Bertz CT molecular complexity index is 730. The second-order valence-electron chi connectivity index (χ2n) is 7.71. The van der Waals surface area contributed by atoms with Crippen LogP contribution < -0.4 is 5.32 Å². The molecule has 0 radical (unpaired) electrons. The highest BCUT2D eigenvalue weighted by atomic mass is 19.4. The Morgan fingerprint density at radius 3 is 2.62 bits per heavy atom. The Morgan fingerprint density at radius 1 is 1.34 bits per heavy atom. The van der Waals surface area contributed by atoms with Crippen LogP contribution in [0.25, 0.3) is 0 Å². The minimum absolute atomic E-state index is 0.0722. The maximum Gasteiger partial charge on any atom is 0.490 e. The Hall–Kier alpha value is -2.27. The molecule has 0 bridgehead atoms. The third-order valence-electron chi connectivity index (χ3n) is 5.83. The summed E-state index contributed by atoms with van der Waals surface area (Å²) >= 11 is 0. The molecular formula is C18H23F3N4O4. The lowest BCUT2D eigenvalue weighted by atomic mass is 9.81. The number of aromatic nitrogens is 2. The zero-order valence-corrected chi connectivity index (χ0v) is 15.7. The average molecular weight is 416 g/mol. The van der Waals surface area contributed by atoms with Crippen molar-refractivity contribution in [3.05, 3.63) is 24.0 Å². The van der Waals surface area contributed by atoms with E-state index >= 15 is 0 Å². The van der Waals surface area contributed by atoms with Gasteiger partial charge in [-0.3, -0.25) is 9.69 Å². The number of halogens is 3. The molecule has 2 atom stereocenters. The Balaban J connectivity index is 0.000000298. The number of likely N-dealkylation sites (tertiary alicyclic amines) is 1. The van der Waals surface area contributed by atoms with E-state index in [1.807, 2.05) is 0 Å². The third kappa shape index (κ3) is 5.02. The number of nitrogens with zero attached hydrogens (tertiary/aromatic N) is 3. The van der Waals surface area contributed by atoms with Crippen molar-refractivity contribution in [2.45, 2.75) is 31.5 Å². The summed E-state index contributed by atoms with van der Waals surface area (Å²) in [6.07, 6.45) is 1.99. The zero-order chi connectivity index (χ0) is 21.1. The molecule has 3 aliphatic rings. The summed E-state index contributed by atoms with van der Waals surface area (Å²) in [5, 5.41) is 17.7. The molecule has 1 aliphatic carbocycles. The molecule has 3 heterocycles. The number of aliphatic carboxylic acids is 1. The maximum atomic E-state index is 12.2. The summed E-state index contributed by atoms with van der Waals surface area (Å²) in [4.78, 5) is 23.8. The molecule has 3 fully saturated rings. The fourth-order valence-corrected chi connectivity index (χ4v) is 3.94. The van der Waals surface area contributed by atoms with Gasteiger partial charge in [-0.2, -0.15) is 23.4 Å². The molecule has 160 valence electrons. The van der Waals surface area contributed by atoms with Gasteiger partial charge in [0.25, 0.3) is 5.91 Å². The molecule has 11 heteroatoms. The van der Waals surface area contributed by atoms with Gasteiger partial charge in [-0.05, 0) is 18.9 Å². The van der Waals surface area contributed by atoms with Crippen molar-refractivity contribution in [1.82, 2.24) is 20.4 Å². The first-order chi connectivity index (χ1) is 13.7. The second-order valence-corrected chi connectivity index (χ2v) is 7.71. The van der Waals surface area contributed by atoms with Crippen molar-refractivity contribution in [3.8, 4) is 0 Å². The van der Waals surface area contributed by atoms with E-state index in [-0.39, 0.29) is 11.3 Å². The van der Waals surface area contributed by atoms with E-state index in [0.717, 1.165) is 32.3 Å². The Labute approximate surface area is 165 Å². The summed E-state index contributed by atoms with van der Waals surface area (Å²) in [6.45, 7) is 4.45. The minimum atomic E-state index is -5.08. The topological polar surface area (TPSA) is 105 Å². The molecule has 1 aromatic heterocycles. The number of alkyl halides is 3. The largest absolute Gasteiger partial charge is 0.490 e. The van der Waals surface area contributed by atoms with E-state index < -0.39 is 12.1 Å². The van der Waals surface area contributed by atoms with Gasteiger partial charge in [-0.15, -0.1) is 0 Å². The molecule has 0 unspecified atom stereocenters. The van der Waals surface area contributed by atoms with Crippen molar-refractivity contribution < 1.29 is 32.6 Å². The number of carbonyl (C=O) groups excluding carboxylic acids is 1. The highest BCUT2D eigenvalue weighted by Gasteiger charge is 2.52. The number of hydrogen-bond donors (Lipinski definition) is 2. The number of hydrogen-bond acceptors (Lipinski definition) is 6. The molecule has 2 saturated heterocycles. The molecule has 1 aromatic rings. The van der Waals surface area contributed by atoms with E-state index in [2.05, 4.69) is 20.4 Å². The van der Waals surface area contributed by atoms with Gasteiger partial charge in [-0.1, -0.05) is 6.42 Å². The van der Waals surface area contributed by atoms with Crippen LogP contribution in [0.1, 0.15) is 29.6 Å². The summed E-state index contributed by atoms with van der Waals surface area (Å²) < 4.78 is 37.5. The van der Waals surface area contributed by atoms with Crippen LogP contribution in [0.15, 0.2) is 18.5 Å². The first-order valence-corrected chi connectivity index (χ1v) is 9.38. The van der Waals surface area contributed by atoms with Crippen LogP contribution in [0.2, 0.25) is 0 Å².